The normalized spacial score (nSPS) is 36.8. The van der Waals surface area contributed by atoms with E-state index in [0.717, 1.165) is 18.4 Å². The van der Waals surface area contributed by atoms with E-state index in [1.54, 1.807) is 4.90 Å². The number of fused-ring (bicyclic) bond motifs is 1. The Labute approximate surface area is 79.7 Å². The largest absolute Gasteiger partial charge is 0.331 e. The maximum Gasteiger partial charge on any atom is 0.319 e. The molecule has 2 aliphatic rings. The fourth-order valence-electron chi connectivity index (χ4n) is 2.39. The second-order valence-corrected chi connectivity index (χ2v) is 4.60. The Kier molecular flexibility index (Phi) is 1.97. The van der Waals surface area contributed by atoms with Gasteiger partial charge in [-0.3, -0.25) is 0 Å². The van der Waals surface area contributed by atoms with Crippen LogP contribution in [0.1, 0.15) is 19.8 Å². The summed E-state index contributed by atoms with van der Waals surface area (Å²) >= 11 is 0. The molecule has 74 valence electrons. The highest BCUT2D eigenvalue weighted by atomic mass is 16.2. The quantitative estimate of drug-likeness (QED) is 0.555. The number of rotatable bonds is 0. The van der Waals surface area contributed by atoms with E-state index < -0.39 is 0 Å². The first-order chi connectivity index (χ1) is 6.11. The van der Waals surface area contributed by atoms with Crippen molar-refractivity contribution >= 4 is 6.03 Å². The Hall–Kier alpha value is -0.730. The smallest absolute Gasteiger partial charge is 0.319 e. The maximum absolute atomic E-state index is 11.7. The van der Waals surface area contributed by atoms with Gasteiger partial charge in [0.2, 0.25) is 0 Å². The van der Waals surface area contributed by atoms with Crippen molar-refractivity contribution in [3.63, 3.8) is 0 Å². The summed E-state index contributed by atoms with van der Waals surface area (Å²) in [5.41, 5.74) is 0. The molecule has 0 radical (unpaired) electrons. The molecule has 3 atom stereocenters. The van der Waals surface area contributed by atoms with Crippen molar-refractivity contribution in [2.24, 2.45) is 11.8 Å². The third-order valence-electron chi connectivity index (χ3n) is 3.39. The van der Waals surface area contributed by atoms with Crippen LogP contribution in [0.5, 0.6) is 0 Å². The Morgan fingerprint density at radius 1 is 1.46 bits per heavy atom. The summed E-state index contributed by atoms with van der Waals surface area (Å²) in [7, 11) is 3.66. The lowest BCUT2D eigenvalue weighted by atomic mass is 9.98. The number of piperidine rings is 1. The fourth-order valence-corrected chi connectivity index (χ4v) is 2.39. The Morgan fingerprint density at radius 3 is 2.77 bits per heavy atom. The third-order valence-corrected chi connectivity index (χ3v) is 3.39. The van der Waals surface area contributed by atoms with Crippen molar-refractivity contribution in [3.8, 4) is 0 Å². The Morgan fingerprint density at radius 2 is 2.15 bits per heavy atom. The van der Waals surface area contributed by atoms with Crippen molar-refractivity contribution in [1.29, 1.82) is 0 Å². The first-order valence-corrected chi connectivity index (χ1v) is 5.09. The zero-order valence-electron chi connectivity index (χ0n) is 8.66. The molecule has 13 heavy (non-hydrogen) atoms. The molecule has 3 unspecified atom stereocenters. The molecule has 0 bridgehead atoms. The van der Waals surface area contributed by atoms with Gasteiger partial charge in [0.05, 0.1) is 0 Å². The molecule has 3 heteroatoms. The van der Waals surface area contributed by atoms with E-state index in [1.807, 2.05) is 19.0 Å². The zero-order chi connectivity index (χ0) is 9.59. The average Bonchev–Trinajstić information content (AvgIpc) is 2.84. The lowest BCUT2D eigenvalue weighted by Crippen LogP contribution is -2.44. The second-order valence-electron chi connectivity index (χ2n) is 4.60. The number of carbonyl (C=O) groups excluding carboxylic acids is 1. The number of hydrogen-bond donors (Lipinski definition) is 0. The predicted molar refractivity (Wildman–Crippen MR) is 51.5 cm³/mol. The topological polar surface area (TPSA) is 23.6 Å². The van der Waals surface area contributed by atoms with Crippen LogP contribution in [0.3, 0.4) is 0 Å². The number of likely N-dealkylation sites (tertiary alicyclic amines) is 1. The monoisotopic (exact) mass is 182 g/mol. The Bertz CT molecular complexity index is 227. The molecule has 1 saturated heterocycles. The van der Waals surface area contributed by atoms with E-state index >= 15 is 0 Å². The van der Waals surface area contributed by atoms with Gasteiger partial charge in [-0.2, -0.15) is 0 Å². The molecule has 1 aliphatic heterocycles. The van der Waals surface area contributed by atoms with Gasteiger partial charge in [0.1, 0.15) is 0 Å². The summed E-state index contributed by atoms with van der Waals surface area (Å²) in [6.45, 7) is 3.27. The van der Waals surface area contributed by atoms with Gasteiger partial charge in [-0.05, 0) is 24.7 Å². The third kappa shape index (κ3) is 1.40. The van der Waals surface area contributed by atoms with E-state index in [0.29, 0.717) is 6.04 Å². The van der Waals surface area contributed by atoms with Crippen LogP contribution in [0.25, 0.3) is 0 Å². The number of carbonyl (C=O) groups is 1. The number of amides is 2. The molecule has 0 aromatic heterocycles. The molecule has 0 N–H and O–H groups in total. The van der Waals surface area contributed by atoms with Crippen LogP contribution >= 0.6 is 0 Å². The minimum absolute atomic E-state index is 0.194. The van der Waals surface area contributed by atoms with Crippen molar-refractivity contribution in [2.75, 3.05) is 20.6 Å². The van der Waals surface area contributed by atoms with Crippen molar-refractivity contribution in [3.05, 3.63) is 0 Å². The van der Waals surface area contributed by atoms with E-state index in [2.05, 4.69) is 6.92 Å². The summed E-state index contributed by atoms with van der Waals surface area (Å²) in [4.78, 5) is 15.4. The minimum Gasteiger partial charge on any atom is -0.331 e. The van der Waals surface area contributed by atoms with Gasteiger partial charge < -0.3 is 9.80 Å². The predicted octanol–water partition coefficient (Wildman–Crippen LogP) is 1.40. The summed E-state index contributed by atoms with van der Waals surface area (Å²) < 4.78 is 0. The summed E-state index contributed by atoms with van der Waals surface area (Å²) in [5, 5.41) is 0. The van der Waals surface area contributed by atoms with Crippen LogP contribution in [-0.2, 0) is 0 Å². The summed E-state index contributed by atoms with van der Waals surface area (Å²) in [6, 6.07) is 0.762. The molecule has 2 fully saturated rings. The SMILES string of the molecule is CC1CCN(C(=O)N(C)C)C2CC12. The average molecular weight is 182 g/mol. The number of hydrogen-bond acceptors (Lipinski definition) is 1. The Balaban J connectivity index is 1.99. The first-order valence-electron chi connectivity index (χ1n) is 5.09. The first kappa shape index (κ1) is 8.85. The molecule has 1 aliphatic carbocycles. The van der Waals surface area contributed by atoms with Crippen LogP contribution < -0.4 is 0 Å². The molecule has 1 heterocycles. The number of nitrogens with zero attached hydrogens (tertiary/aromatic N) is 2. The van der Waals surface area contributed by atoms with Crippen LogP contribution in [0.15, 0.2) is 0 Å². The maximum atomic E-state index is 11.7. The lowest BCUT2D eigenvalue weighted by Gasteiger charge is -2.31. The van der Waals surface area contributed by atoms with Crippen LogP contribution in [0.4, 0.5) is 4.79 Å². The summed E-state index contributed by atoms with van der Waals surface area (Å²) in [6.07, 6.45) is 2.42. The highest BCUT2D eigenvalue weighted by Crippen LogP contribution is 2.46. The lowest BCUT2D eigenvalue weighted by molar-refractivity contribution is 0.145. The van der Waals surface area contributed by atoms with Gasteiger partial charge >= 0.3 is 6.03 Å². The van der Waals surface area contributed by atoms with Gasteiger partial charge in [0, 0.05) is 26.7 Å². The van der Waals surface area contributed by atoms with E-state index in [9.17, 15) is 4.79 Å². The molecule has 0 aromatic carbocycles. The highest BCUT2D eigenvalue weighted by molar-refractivity contribution is 5.74. The van der Waals surface area contributed by atoms with E-state index in [-0.39, 0.29) is 6.03 Å². The van der Waals surface area contributed by atoms with Gasteiger partial charge in [-0.1, -0.05) is 6.92 Å². The fraction of sp³-hybridized carbons (Fsp3) is 0.900. The van der Waals surface area contributed by atoms with Gasteiger partial charge in [-0.15, -0.1) is 0 Å². The molecule has 3 nitrogen and oxygen atoms in total. The van der Waals surface area contributed by atoms with E-state index in [1.165, 1.54) is 12.8 Å². The summed E-state index contributed by atoms with van der Waals surface area (Å²) in [5.74, 6) is 1.63. The van der Waals surface area contributed by atoms with Gasteiger partial charge in [0.15, 0.2) is 0 Å². The van der Waals surface area contributed by atoms with E-state index in [4.69, 9.17) is 0 Å². The van der Waals surface area contributed by atoms with Crippen molar-refractivity contribution < 1.29 is 4.79 Å². The molecule has 2 amide bonds. The van der Waals surface area contributed by atoms with Gasteiger partial charge in [-0.25, -0.2) is 4.79 Å². The van der Waals surface area contributed by atoms with Crippen LogP contribution in [0, 0.1) is 11.8 Å². The zero-order valence-corrected chi connectivity index (χ0v) is 8.66. The van der Waals surface area contributed by atoms with Crippen LogP contribution in [-0.4, -0.2) is 42.5 Å². The van der Waals surface area contributed by atoms with Gasteiger partial charge in [0.25, 0.3) is 0 Å². The molecular weight excluding hydrogens is 164 g/mol. The second kappa shape index (κ2) is 2.89. The van der Waals surface area contributed by atoms with Crippen molar-refractivity contribution in [1.82, 2.24) is 9.80 Å². The molecular formula is C10H18N2O. The van der Waals surface area contributed by atoms with Crippen LogP contribution in [0.2, 0.25) is 0 Å². The molecule has 2 rings (SSSR count). The minimum atomic E-state index is 0.194. The number of urea groups is 1. The standard InChI is InChI=1S/C10H18N2O/c1-7-4-5-12(9-6-8(7)9)10(13)11(2)3/h7-9H,4-6H2,1-3H3. The molecule has 0 aromatic rings. The van der Waals surface area contributed by atoms with Crippen molar-refractivity contribution in [2.45, 2.75) is 25.8 Å². The molecule has 1 saturated carbocycles. The molecule has 0 spiro atoms. The highest BCUT2D eigenvalue weighted by Gasteiger charge is 2.49.